The first kappa shape index (κ1) is 20.0. The molecule has 2 N–H and O–H groups in total. The maximum absolute atomic E-state index is 13.4. The molecule has 0 unspecified atom stereocenters. The SMILES string of the molecule is O=C(NCC1CCC(c2noc(-c3ccccc3)n2)CC1)c1cc(F)c(O)c(F)c1. The van der Waals surface area contributed by atoms with Crippen molar-refractivity contribution >= 4 is 5.91 Å². The monoisotopic (exact) mass is 413 g/mol. The van der Waals surface area contributed by atoms with Crippen molar-refractivity contribution in [3.05, 3.63) is 65.5 Å². The minimum atomic E-state index is -1.16. The van der Waals surface area contributed by atoms with Crippen LogP contribution in [-0.4, -0.2) is 27.7 Å². The number of hydrogen-bond acceptors (Lipinski definition) is 5. The van der Waals surface area contributed by atoms with Gasteiger partial charge in [0.25, 0.3) is 11.8 Å². The van der Waals surface area contributed by atoms with Crippen molar-refractivity contribution in [2.45, 2.75) is 31.6 Å². The number of nitrogens with zero attached hydrogens (tertiary/aromatic N) is 2. The molecule has 0 aliphatic heterocycles. The van der Waals surface area contributed by atoms with E-state index in [2.05, 4.69) is 15.5 Å². The first-order valence-corrected chi connectivity index (χ1v) is 9.86. The van der Waals surface area contributed by atoms with Gasteiger partial charge in [0.15, 0.2) is 23.2 Å². The summed E-state index contributed by atoms with van der Waals surface area (Å²) >= 11 is 0. The molecule has 1 aromatic heterocycles. The van der Waals surface area contributed by atoms with E-state index >= 15 is 0 Å². The molecular weight excluding hydrogens is 392 g/mol. The number of carbonyl (C=O) groups excluding carboxylic acids is 1. The molecular formula is C22H21F2N3O3. The molecule has 0 atom stereocenters. The zero-order valence-electron chi connectivity index (χ0n) is 16.1. The van der Waals surface area contributed by atoms with E-state index in [1.165, 1.54) is 0 Å². The van der Waals surface area contributed by atoms with Crippen LogP contribution in [0.5, 0.6) is 5.75 Å². The maximum atomic E-state index is 13.4. The lowest BCUT2D eigenvalue weighted by Gasteiger charge is -2.26. The molecule has 30 heavy (non-hydrogen) atoms. The van der Waals surface area contributed by atoms with Gasteiger partial charge in [-0.1, -0.05) is 23.4 Å². The highest BCUT2D eigenvalue weighted by Crippen LogP contribution is 2.35. The van der Waals surface area contributed by atoms with Crippen molar-refractivity contribution in [1.29, 1.82) is 0 Å². The van der Waals surface area contributed by atoms with Gasteiger partial charge >= 0.3 is 0 Å². The molecule has 1 aliphatic rings. The summed E-state index contributed by atoms with van der Waals surface area (Å²) in [7, 11) is 0. The predicted octanol–water partition coefficient (Wildman–Crippen LogP) is 4.42. The highest BCUT2D eigenvalue weighted by molar-refractivity contribution is 5.94. The van der Waals surface area contributed by atoms with Crippen molar-refractivity contribution < 1.29 is 23.2 Å². The van der Waals surface area contributed by atoms with Crippen LogP contribution in [0.3, 0.4) is 0 Å². The topological polar surface area (TPSA) is 88.3 Å². The number of benzene rings is 2. The van der Waals surface area contributed by atoms with Crippen LogP contribution < -0.4 is 5.32 Å². The Kier molecular flexibility index (Phi) is 5.74. The third-order valence-electron chi connectivity index (χ3n) is 5.50. The molecule has 4 rings (SSSR count). The number of hydrogen-bond donors (Lipinski definition) is 2. The summed E-state index contributed by atoms with van der Waals surface area (Å²) in [6, 6.07) is 11.2. The minimum Gasteiger partial charge on any atom is -0.503 e. The van der Waals surface area contributed by atoms with Crippen LogP contribution in [0.4, 0.5) is 8.78 Å². The lowest BCUT2D eigenvalue weighted by Crippen LogP contribution is -2.31. The number of aromatic hydroxyl groups is 1. The molecule has 1 saturated carbocycles. The Hall–Kier alpha value is -3.29. The fraction of sp³-hybridized carbons (Fsp3) is 0.318. The summed E-state index contributed by atoms with van der Waals surface area (Å²) in [5.41, 5.74) is 0.728. The van der Waals surface area contributed by atoms with Gasteiger partial charge < -0.3 is 14.9 Å². The second-order valence-electron chi connectivity index (χ2n) is 7.54. The Labute approximate surface area is 171 Å². The number of rotatable bonds is 5. The van der Waals surface area contributed by atoms with Crippen LogP contribution in [0, 0.1) is 17.6 Å². The van der Waals surface area contributed by atoms with Crippen LogP contribution in [0.15, 0.2) is 47.0 Å². The molecule has 156 valence electrons. The smallest absolute Gasteiger partial charge is 0.257 e. The van der Waals surface area contributed by atoms with Crippen LogP contribution in [0.1, 0.15) is 47.8 Å². The van der Waals surface area contributed by atoms with Crippen LogP contribution in [0.2, 0.25) is 0 Å². The van der Waals surface area contributed by atoms with Crippen LogP contribution in [-0.2, 0) is 0 Å². The van der Waals surface area contributed by atoms with Gasteiger partial charge in [-0.2, -0.15) is 4.98 Å². The van der Waals surface area contributed by atoms with Crippen LogP contribution in [0.25, 0.3) is 11.5 Å². The number of phenols is 1. The molecule has 8 heteroatoms. The number of carbonyl (C=O) groups is 1. The van der Waals surface area contributed by atoms with Gasteiger partial charge in [0.1, 0.15) is 0 Å². The molecule has 0 saturated heterocycles. The molecule has 1 fully saturated rings. The average Bonchev–Trinajstić information content (AvgIpc) is 3.27. The van der Waals surface area contributed by atoms with Gasteiger partial charge in [-0.3, -0.25) is 4.79 Å². The van der Waals surface area contributed by atoms with E-state index < -0.39 is 23.3 Å². The summed E-state index contributed by atoms with van der Waals surface area (Å²) in [5, 5.41) is 16.0. The van der Waals surface area contributed by atoms with Gasteiger partial charge in [-0.05, 0) is 55.9 Å². The number of halogens is 2. The lowest BCUT2D eigenvalue weighted by atomic mass is 9.81. The Morgan fingerprint density at radius 1 is 1.10 bits per heavy atom. The van der Waals surface area contributed by atoms with E-state index in [0.29, 0.717) is 18.3 Å². The molecule has 0 spiro atoms. The first-order valence-electron chi connectivity index (χ1n) is 9.86. The number of nitrogens with one attached hydrogen (secondary N) is 1. The zero-order chi connectivity index (χ0) is 21.1. The second kappa shape index (κ2) is 8.61. The summed E-state index contributed by atoms with van der Waals surface area (Å²) < 4.78 is 32.2. The lowest BCUT2D eigenvalue weighted by molar-refractivity contribution is 0.0941. The van der Waals surface area contributed by atoms with Crippen molar-refractivity contribution in [2.75, 3.05) is 6.54 Å². The largest absolute Gasteiger partial charge is 0.503 e. The van der Waals surface area contributed by atoms with Gasteiger partial charge in [0.2, 0.25) is 0 Å². The molecule has 0 bridgehead atoms. The van der Waals surface area contributed by atoms with Crippen molar-refractivity contribution in [3.63, 3.8) is 0 Å². The number of phenolic OH excluding ortho intramolecular Hbond substituents is 1. The third kappa shape index (κ3) is 4.32. The zero-order valence-corrected chi connectivity index (χ0v) is 16.1. The minimum absolute atomic E-state index is 0.156. The van der Waals surface area contributed by atoms with Gasteiger partial charge in [-0.25, -0.2) is 8.78 Å². The summed E-state index contributed by atoms with van der Waals surface area (Å²) in [4.78, 5) is 16.7. The molecule has 3 aromatic rings. The fourth-order valence-corrected chi connectivity index (χ4v) is 3.76. The van der Waals surface area contributed by atoms with Gasteiger partial charge in [0.05, 0.1) is 0 Å². The molecule has 2 aromatic carbocycles. The van der Waals surface area contributed by atoms with Gasteiger partial charge in [0, 0.05) is 23.6 Å². The van der Waals surface area contributed by atoms with E-state index in [4.69, 9.17) is 9.63 Å². The predicted molar refractivity (Wildman–Crippen MR) is 105 cm³/mol. The van der Waals surface area contributed by atoms with Crippen molar-refractivity contribution in [1.82, 2.24) is 15.5 Å². The Bertz CT molecular complexity index is 1010. The van der Waals surface area contributed by atoms with E-state index in [9.17, 15) is 13.6 Å². The number of aromatic nitrogens is 2. The Morgan fingerprint density at radius 2 is 1.77 bits per heavy atom. The Balaban J connectivity index is 1.29. The second-order valence-corrected chi connectivity index (χ2v) is 7.54. The third-order valence-corrected chi connectivity index (χ3v) is 5.50. The summed E-state index contributed by atoms with van der Waals surface area (Å²) in [6.45, 7) is 0.414. The van der Waals surface area contributed by atoms with E-state index in [-0.39, 0.29) is 17.4 Å². The van der Waals surface area contributed by atoms with Gasteiger partial charge in [-0.15, -0.1) is 0 Å². The average molecular weight is 413 g/mol. The molecule has 0 radical (unpaired) electrons. The quantitative estimate of drug-likeness (QED) is 0.646. The fourth-order valence-electron chi connectivity index (χ4n) is 3.76. The first-order chi connectivity index (χ1) is 14.5. The van der Waals surface area contributed by atoms with Crippen molar-refractivity contribution in [2.24, 2.45) is 5.92 Å². The number of amides is 1. The van der Waals surface area contributed by atoms with E-state index in [0.717, 1.165) is 43.4 Å². The molecule has 6 nitrogen and oxygen atoms in total. The Morgan fingerprint density at radius 3 is 2.43 bits per heavy atom. The maximum Gasteiger partial charge on any atom is 0.257 e. The molecule has 1 amide bonds. The molecule has 1 heterocycles. The van der Waals surface area contributed by atoms with Crippen LogP contribution >= 0.6 is 0 Å². The standard InChI is InChI=1S/C22H21F2N3O3/c23-17-10-16(11-18(24)19(17)28)21(29)25-12-13-6-8-14(9-7-13)20-26-22(30-27-20)15-4-2-1-3-5-15/h1-5,10-11,13-14,28H,6-9,12H2,(H,25,29). The molecule has 1 aliphatic carbocycles. The van der Waals surface area contributed by atoms with Crippen molar-refractivity contribution in [3.8, 4) is 17.2 Å². The summed E-state index contributed by atoms with van der Waals surface area (Å²) in [5.74, 6) is -2.29. The highest BCUT2D eigenvalue weighted by atomic mass is 19.1. The van der Waals surface area contributed by atoms with E-state index in [1.54, 1.807) is 0 Å². The summed E-state index contributed by atoms with van der Waals surface area (Å²) in [6.07, 6.45) is 3.49. The highest BCUT2D eigenvalue weighted by Gasteiger charge is 2.26. The normalized spacial score (nSPS) is 18.9. The van der Waals surface area contributed by atoms with E-state index in [1.807, 2.05) is 30.3 Å².